The van der Waals surface area contributed by atoms with Crippen molar-refractivity contribution in [2.24, 2.45) is 0 Å². The van der Waals surface area contributed by atoms with E-state index in [9.17, 15) is 5.11 Å². The maximum Gasteiger partial charge on any atom is 0.0802 e. The molecule has 1 aromatic rings. The summed E-state index contributed by atoms with van der Waals surface area (Å²) in [4.78, 5) is 2.41. The fraction of sp³-hybridized carbons (Fsp3) is 0.600. The van der Waals surface area contributed by atoms with E-state index in [2.05, 4.69) is 18.7 Å². The minimum atomic E-state index is -0.327. The molecule has 1 aromatic carbocycles. The van der Waals surface area contributed by atoms with Crippen LogP contribution in [0.25, 0.3) is 0 Å². The smallest absolute Gasteiger partial charge is 0.0802 e. The lowest BCUT2D eigenvalue weighted by atomic mass is 10.1. The molecule has 0 aliphatic heterocycles. The van der Waals surface area contributed by atoms with Crippen molar-refractivity contribution < 1.29 is 5.11 Å². The molecule has 0 bridgehead atoms. The van der Waals surface area contributed by atoms with Crippen LogP contribution in [0, 0.1) is 0 Å². The summed E-state index contributed by atoms with van der Waals surface area (Å²) in [7, 11) is 0. The van der Waals surface area contributed by atoms with E-state index >= 15 is 0 Å². The van der Waals surface area contributed by atoms with Crippen LogP contribution in [0.2, 0.25) is 0 Å². The zero-order valence-electron chi connectivity index (χ0n) is 11.1. The number of rotatable bonds is 8. The highest BCUT2D eigenvalue weighted by atomic mass is 16.3. The summed E-state index contributed by atoms with van der Waals surface area (Å²) in [6.45, 7) is 7.60. The highest BCUT2D eigenvalue weighted by molar-refractivity contribution is 5.17. The average Bonchev–Trinajstić information content (AvgIpc) is 2.39. The van der Waals surface area contributed by atoms with Gasteiger partial charge in [0.1, 0.15) is 0 Å². The Morgan fingerprint density at radius 2 is 1.82 bits per heavy atom. The van der Waals surface area contributed by atoms with Gasteiger partial charge < -0.3 is 10.0 Å². The van der Waals surface area contributed by atoms with Gasteiger partial charge in [0, 0.05) is 6.54 Å². The Morgan fingerprint density at radius 1 is 1.12 bits per heavy atom. The number of nitrogens with zero attached hydrogens (tertiary/aromatic N) is 1. The predicted octanol–water partition coefficient (Wildman–Crippen LogP) is 3.23. The highest BCUT2D eigenvalue weighted by Gasteiger charge is 2.09. The van der Waals surface area contributed by atoms with Gasteiger partial charge >= 0.3 is 0 Å². The molecular weight excluding hydrogens is 210 g/mol. The van der Waals surface area contributed by atoms with Gasteiger partial charge in [-0.3, -0.25) is 0 Å². The first-order valence-electron chi connectivity index (χ1n) is 6.73. The number of aliphatic hydroxyl groups excluding tert-OH is 1. The van der Waals surface area contributed by atoms with Gasteiger partial charge in [-0.05, 0) is 31.5 Å². The molecule has 0 saturated heterocycles. The molecule has 0 heterocycles. The minimum absolute atomic E-state index is 0.327. The third-order valence-electron chi connectivity index (χ3n) is 3.18. The van der Waals surface area contributed by atoms with Crippen molar-refractivity contribution in [3.63, 3.8) is 0 Å². The number of aliphatic hydroxyl groups is 1. The molecule has 1 N–H and O–H groups in total. The Morgan fingerprint density at radius 3 is 2.41 bits per heavy atom. The molecule has 0 radical (unpaired) electrons. The Bertz CT molecular complexity index is 286. The second-order valence-electron chi connectivity index (χ2n) is 4.50. The lowest BCUT2D eigenvalue weighted by Gasteiger charge is -2.21. The molecular formula is C15H25NO. The fourth-order valence-corrected chi connectivity index (χ4v) is 1.96. The van der Waals surface area contributed by atoms with Crippen LogP contribution >= 0.6 is 0 Å². The number of hydrogen-bond acceptors (Lipinski definition) is 2. The normalized spacial score (nSPS) is 12.9. The second-order valence-corrected chi connectivity index (χ2v) is 4.50. The predicted molar refractivity (Wildman–Crippen MR) is 73.0 cm³/mol. The van der Waals surface area contributed by atoms with Gasteiger partial charge in [0.2, 0.25) is 0 Å². The van der Waals surface area contributed by atoms with Crippen LogP contribution in [0.4, 0.5) is 0 Å². The fourth-order valence-electron chi connectivity index (χ4n) is 1.96. The van der Waals surface area contributed by atoms with E-state index in [1.54, 1.807) is 0 Å². The molecule has 0 fully saturated rings. The van der Waals surface area contributed by atoms with Gasteiger partial charge in [0.25, 0.3) is 0 Å². The van der Waals surface area contributed by atoms with E-state index in [1.165, 1.54) is 12.8 Å². The van der Waals surface area contributed by atoms with Crippen LogP contribution < -0.4 is 0 Å². The zero-order valence-corrected chi connectivity index (χ0v) is 11.1. The third-order valence-corrected chi connectivity index (χ3v) is 3.18. The Kier molecular flexibility index (Phi) is 6.90. The summed E-state index contributed by atoms with van der Waals surface area (Å²) in [6.07, 6.45) is 2.97. The Hall–Kier alpha value is -0.860. The number of hydrogen-bond donors (Lipinski definition) is 1. The van der Waals surface area contributed by atoms with Gasteiger partial charge in [0.15, 0.2) is 0 Å². The molecule has 0 saturated carbocycles. The van der Waals surface area contributed by atoms with E-state index in [1.807, 2.05) is 30.3 Å². The van der Waals surface area contributed by atoms with Gasteiger partial charge in [-0.2, -0.15) is 0 Å². The van der Waals surface area contributed by atoms with Crippen LogP contribution in [-0.2, 0) is 0 Å². The van der Waals surface area contributed by atoms with Crippen molar-refractivity contribution in [2.75, 3.05) is 19.6 Å². The zero-order chi connectivity index (χ0) is 12.5. The molecule has 2 heteroatoms. The summed E-state index contributed by atoms with van der Waals surface area (Å²) in [5.74, 6) is 0. The molecule has 0 amide bonds. The Labute approximate surface area is 105 Å². The molecule has 0 spiro atoms. The summed E-state index contributed by atoms with van der Waals surface area (Å²) in [5.41, 5.74) is 1.03. The van der Waals surface area contributed by atoms with Crippen molar-refractivity contribution >= 4 is 0 Å². The van der Waals surface area contributed by atoms with E-state index < -0.39 is 0 Å². The lowest BCUT2D eigenvalue weighted by molar-refractivity contribution is 0.143. The van der Waals surface area contributed by atoms with Crippen molar-refractivity contribution in [3.8, 4) is 0 Å². The van der Waals surface area contributed by atoms with Crippen LogP contribution in [0.1, 0.15) is 44.8 Å². The van der Waals surface area contributed by atoms with Crippen LogP contribution in [0.5, 0.6) is 0 Å². The quantitative estimate of drug-likeness (QED) is 0.748. The summed E-state index contributed by atoms with van der Waals surface area (Å²) < 4.78 is 0. The van der Waals surface area contributed by atoms with E-state index in [0.29, 0.717) is 0 Å². The van der Waals surface area contributed by atoms with Gasteiger partial charge in [-0.25, -0.2) is 0 Å². The molecule has 0 aromatic heterocycles. The first-order chi connectivity index (χ1) is 8.27. The minimum Gasteiger partial charge on any atom is -0.388 e. The van der Waals surface area contributed by atoms with Crippen LogP contribution in [0.3, 0.4) is 0 Å². The van der Waals surface area contributed by atoms with Crippen molar-refractivity contribution in [1.29, 1.82) is 0 Å². The van der Waals surface area contributed by atoms with Crippen molar-refractivity contribution in [3.05, 3.63) is 35.9 Å². The first-order valence-corrected chi connectivity index (χ1v) is 6.73. The molecule has 1 rings (SSSR count). The van der Waals surface area contributed by atoms with E-state index in [4.69, 9.17) is 0 Å². The number of benzene rings is 1. The topological polar surface area (TPSA) is 23.5 Å². The largest absolute Gasteiger partial charge is 0.388 e. The Balaban J connectivity index is 2.33. The molecule has 17 heavy (non-hydrogen) atoms. The summed E-state index contributed by atoms with van der Waals surface area (Å²) in [6, 6.07) is 9.93. The highest BCUT2D eigenvalue weighted by Crippen LogP contribution is 2.16. The molecule has 1 atom stereocenters. The average molecular weight is 235 g/mol. The van der Waals surface area contributed by atoms with Crippen molar-refractivity contribution in [2.45, 2.75) is 39.2 Å². The third kappa shape index (κ3) is 5.33. The molecule has 96 valence electrons. The maximum atomic E-state index is 10.1. The molecule has 0 aliphatic carbocycles. The maximum absolute atomic E-state index is 10.1. The molecule has 1 unspecified atom stereocenters. The van der Waals surface area contributed by atoms with Crippen molar-refractivity contribution in [1.82, 2.24) is 4.90 Å². The summed E-state index contributed by atoms with van der Waals surface area (Å²) in [5, 5.41) is 10.1. The lowest BCUT2D eigenvalue weighted by Crippen LogP contribution is -2.26. The summed E-state index contributed by atoms with van der Waals surface area (Å²) >= 11 is 0. The molecule has 2 nitrogen and oxygen atoms in total. The van der Waals surface area contributed by atoms with Gasteiger partial charge in [0.05, 0.1) is 6.10 Å². The standard InChI is InChI=1S/C15H25NO/c1-3-5-12-16(4-2)13-11-15(17)14-9-7-6-8-10-14/h6-10,15,17H,3-5,11-13H2,1-2H3. The first kappa shape index (κ1) is 14.2. The second kappa shape index (κ2) is 8.26. The van der Waals surface area contributed by atoms with Gasteiger partial charge in [-0.15, -0.1) is 0 Å². The number of unbranched alkanes of at least 4 members (excludes halogenated alkanes) is 1. The van der Waals surface area contributed by atoms with E-state index in [-0.39, 0.29) is 6.10 Å². The SMILES string of the molecule is CCCCN(CC)CCC(O)c1ccccc1. The van der Waals surface area contributed by atoms with Crippen LogP contribution in [-0.4, -0.2) is 29.6 Å². The molecule has 0 aliphatic rings. The van der Waals surface area contributed by atoms with Gasteiger partial charge in [-0.1, -0.05) is 50.6 Å². The van der Waals surface area contributed by atoms with Crippen LogP contribution in [0.15, 0.2) is 30.3 Å². The van der Waals surface area contributed by atoms with E-state index in [0.717, 1.165) is 31.6 Å². The monoisotopic (exact) mass is 235 g/mol.